The molecule has 2 nitrogen and oxygen atoms in total. The number of rotatable bonds is 8. The van der Waals surface area contributed by atoms with Crippen molar-refractivity contribution in [3.63, 3.8) is 0 Å². The average molecular weight is 529 g/mol. The summed E-state index contributed by atoms with van der Waals surface area (Å²) in [5.41, 5.74) is 0. The second-order valence-corrected chi connectivity index (χ2v) is 12.3. The molecule has 6 aromatic rings. The Morgan fingerprint density at radius 3 is 0.842 bits per heavy atom. The standard InChI is InChI=1S/C34H26O2P2/c1-5-15-27(16-6-1)37(28-17-7-2-8-18-28)35-33-25-26-34(32-24-14-13-23-31(32)33)36-38(29-19-9-3-10-20-29)30-21-11-4-12-22-30/h1-26H. The van der Waals surface area contributed by atoms with Gasteiger partial charge in [0, 0.05) is 32.0 Å². The molecule has 0 atom stereocenters. The second-order valence-electron chi connectivity index (χ2n) is 8.72. The SMILES string of the molecule is c1ccc(P(Oc2ccc(OP(c3ccccc3)c3ccccc3)c3ccccc23)c2ccccc2)cc1. The molecule has 0 aromatic heterocycles. The van der Waals surface area contributed by atoms with Crippen molar-refractivity contribution in [3.05, 3.63) is 158 Å². The molecule has 0 fully saturated rings. The van der Waals surface area contributed by atoms with E-state index in [2.05, 4.69) is 133 Å². The van der Waals surface area contributed by atoms with Crippen LogP contribution in [0.5, 0.6) is 11.5 Å². The molecule has 38 heavy (non-hydrogen) atoms. The summed E-state index contributed by atoms with van der Waals surface area (Å²) in [5, 5.41) is 6.79. The lowest BCUT2D eigenvalue weighted by Gasteiger charge is -2.23. The van der Waals surface area contributed by atoms with Gasteiger partial charge in [0.15, 0.2) is 16.3 Å². The first-order valence-corrected chi connectivity index (χ1v) is 15.1. The van der Waals surface area contributed by atoms with Gasteiger partial charge in [-0.1, -0.05) is 146 Å². The molecule has 0 aliphatic carbocycles. The van der Waals surface area contributed by atoms with Crippen molar-refractivity contribution in [1.29, 1.82) is 0 Å². The highest BCUT2D eigenvalue weighted by molar-refractivity contribution is 7.69. The van der Waals surface area contributed by atoms with Gasteiger partial charge >= 0.3 is 0 Å². The molecular formula is C34H26O2P2. The molecule has 0 amide bonds. The molecule has 4 heteroatoms. The molecule has 0 radical (unpaired) electrons. The number of hydrogen-bond donors (Lipinski definition) is 0. The summed E-state index contributed by atoms with van der Waals surface area (Å²) in [7, 11) is -2.07. The first-order chi connectivity index (χ1) is 18.9. The summed E-state index contributed by atoms with van der Waals surface area (Å²) < 4.78 is 13.7. The summed E-state index contributed by atoms with van der Waals surface area (Å²) in [6.45, 7) is 0. The zero-order chi connectivity index (χ0) is 25.6. The molecule has 0 N–H and O–H groups in total. The van der Waals surface area contributed by atoms with Gasteiger partial charge < -0.3 is 9.05 Å². The number of fused-ring (bicyclic) bond motifs is 1. The highest BCUT2D eigenvalue weighted by Gasteiger charge is 2.21. The predicted molar refractivity (Wildman–Crippen MR) is 163 cm³/mol. The summed E-state index contributed by atoms with van der Waals surface area (Å²) >= 11 is 0. The van der Waals surface area contributed by atoms with Crippen LogP contribution < -0.4 is 30.3 Å². The maximum atomic E-state index is 6.84. The third kappa shape index (κ3) is 5.34. The van der Waals surface area contributed by atoms with E-state index in [9.17, 15) is 0 Å². The molecule has 184 valence electrons. The Hall–Kier alpha value is -3.96. The van der Waals surface area contributed by atoms with E-state index in [-0.39, 0.29) is 0 Å². The average Bonchev–Trinajstić information content (AvgIpc) is 3.01. The van der Waals surface area contributed by atoms with E-state index in [0.29, 0.717) is 0 Å². The van der Waals surface area contributed by atoms with Crippen molar-refractivity contribution >= 4 is 48.3 Å². The van der Waals surface area contributed by atoms with Crippen molar-refractivity contribution in [2.24, 2.45) is 0 Å². The molecule has 0 aliphatic heterocycles. The molecule has 0 aliphatic rings. The Balaban J connectivity index is 1.40. The zero-order valence-electron chi connectivity index (χ0n) is 20.7. The van der Waals surface area contributed by atoms with Crippen molar-refractivity contribution in [1.82, 2.24) is 0 Å². The third-order valence-corrected chi connectivity index (χ3v) is 10.0. The van der Waals surface area contributed by atoms with Crippen LogP contribution in [-0.2, 0) is 0 Å². The monoisotopic (exact) mass is 528 g/mol. The largest absolute Gasteiger partial charge is 0.464 e. The summed E-state index contributed by atoms with van der Waals surface area (Å²) in [4.78, 5) is 0. The molecule has 0 saturated heterocycles. The van der Waals surface area contributed by atoms with Gasteiger partial charge in [0.1, 0.15) is 11.5 Å². The van der Waals surface area contributed by atoms with Crippen LogP contribution in [0.15, 0.2) is 158 Å². The Morgan fingerprint density at radius 2 is 0.553 bits per heavy atom. The van der Waals surface area contributed by atoms with Gasteiger partial charge in [-0.05, 0) is 12.1 Å². The molecule has 0 heterocycles. The van der Waals surface area contributed by atoms with Gasteiger partial charge in [-0.2, -0.15) is 0 Å². The van der Waals surface area contributed by atoms with Crippen LogP contribution in [0.1, 0.15) is 0 Å². The summed E-state index contributed by atoms with van der Waals surface area (Å²) in [5.74, 6) is 1.71. The normalized spacial score (nSPS) is 11.1. The smallest absolute Gasteiger partial charge is 0.150 e. The van der Waals surface area contributed by atoms with Gasteiger partial charge in [0.05, 0.1) is 0 Å². The van der Waals surface area contributed by atoms with Crippen LogP contribution in [0.25, 0.3) is 10.8 Å². The Bertz CT molecular complexity index is 1410. The predicted octanol–water partition coefficient (Wildman–Crippen LogP) is 7.69. The molecular weight excluding hydrogens is 502 g/mol. The van der Waals surface area contributed by atoms with Gasteiger partial charge in [0.2, 0.25) is 0 Å². The van der Waals surface area contributed by atoms with Crippen LogP contribution in [0.2, 0.25) is 0 Å². The van der Waals surface area contributed by atoms with Crippen LogP contribution in [0.3, 0.4) is 0 Å². The second kappa shape index (κ2) is 11.6. The fourth-order valence-corrected chi connectivity index (χ4v) is 7.86. The third-order valence-electron chi connectivity index (χ3n) is 6.19. The van der Waals surface area contributed by atoms with Crippen LogP contribution in [0.4, 0.5) is 0 Å². The highest BCUT2D eigenvalue weighted by Crippen LogP contribution is 2.45. The minimum absolute atomic E-state index is 0.857. The fourth-order valence-electron chi connectivity index (χ4n) is 4.36. The number of benzene rings is 6. The first kappa shape index (κ1) is 24.4. The molecule has 6 aromatic carbocycles. The molecule has 0 spiro atoms. The lowest BCUT2D eigenvalue weighted by atomic mass is 10.1. The van der Waals surface area contributed by atoms with Crippen LogP contribution >= 0.6 is 16.3 Å². The molecule has 0 unspecified atom stereocenters. The van der Waals surface area contributed by atoms with E-state index in [4.69, 9.17) is 9.05 Å². The van der Waals surface area contributed by atoms with Gasteiger partial charge in [-0.15, -0.1) is 0 Å². The van der Waals surface area contributed by atoms with Crippen molar-refractivity contribution in [2.75, 3.05) is 0 Å². The fraction of sp³-hybridized carbons (Fsp3) is 0. The van der Waals surface area contributed by atoms with E-state index >= 15 is 0 Å². The highest BCUT2D eigenvalue weighted by atomic mass is 31.1. The summed E-state index contributed by atoms with van der Waals surface area (Å²) in [6, 6.07) is 54.4. The lowest BCUT2D eigenvalue weighted by Crippen LogP contribution is -2.16. The topological polar surface area (TPSA) is 18.5 Å². The van der Waals surface area contributed by atoms with E-state index < -0.39 is 16.3 Å². The van der Waals surface area contributed by atoms with Gasteiger partial charge in [0.25, 0.3) is 0 Å². The molecule has 6 rings (SSSR count). The number of hydrogen-bond acceptors (Lipinski definition) is 2. The zero-order valence-corrected chi connectivity index (χ0v) is 22.5. The van der Waals surface area contributed by atoms with Crippen LogP contribution in [0, 0.1) is 0 Å². The lowest BCUT2D eigenvalue weighted by molar-refractivity contribution is 0.623. The first-order valence-electron chi connectivity index (χ1n) is 12.5. The van der Waals surface area contributed by atoms with Crippen molar-refractivity contribution < 1.29 is 9.05 Å². The van der Waals surface area contributed by atoms with Crippen molar-refractivity contribution in [2.45, 2.75) is 0 Å². The molecule has 0 bridgehead atoms. The quantitative estimate of drug-likeness (QED) is 0.189. The Kier molecular flexibility index (Phi) is 7.45. The maximum Gasteiger partial charge on any atom is 0.150 e. The Labute approximate surface area is 226 Å². The van der Waals surface area contributed by atoms with Crippen LogP contribution in [-0.4, -0.2) is 0 Å². The van der Waals surface area contributed by atoms with E-state index in [1.165, 1.54) is 21.2 Å². The van der Waals surface area contributed by atoms with Gasteiger partial charge in [-0.25, -0.2) is 0 Å². The van der Waals surface area contributed by atoms with Gasteiger partial charge in [-0.3, -0.25) is 0 Å². The van der Waals surface area contributed by atoms with Crippen molar-refractivity contribution in [3.8, 4) is 11.5 Å². The summed E-state index contributed by atoms with van der Waals surface area (Å²) in [6.07, 6.45) is 0. The minimum Gasteiger partial charge on any atom is -0.464 e. The van der Waals surface area contributed by atoms with E-state index in [1.54, 1.807) is 0 Å². The Morgan fingerprint density at radius 1 is 0.289 bits per heavy atom. The van der Waals surface area contributed by atoms with E-state index in [1.807, 2.05) is 24.3 Å². The molecule has 0 saturated carbocycles. The minimum atomic E-state index is -1.04. The van der Waals surface area contributed by atoms with E-state index in [0.717, 1.165) is 22.3 Å². The maximum absolute atomic E-state index is 6.84.